The van der Waals surface area contributed by atoms with Gasteiger partial charge in [-0.1, -0.05) is 0 Å². The van der Waals surface area contributed by atoms with E-state index < -0.39 is 5.60 Å². The summed E-state index contributed by atoms with van der Waals surface area (Å²) in [5.41, 5.74) is -0.504. The Balaban J connectivity index is 2.05. The first-order chi connectivity index (χ1) is 11.3. The second-order valence-electron chi connectivity index (χ2n) is 8.00. The number of carbonyl (C=O) groups excluding carboxylic acids is 2. The number of likely N-dealkylation sites (tertiary alicyclic amines) is 1. The van der Waals surface area contributed by atoms with Gasteiger partial charge in [-0.3, -0.25) is 4.79 Å². The molecule has 0 bridgehead atoms. The molecule has 2 atom stereocenters. The minimum atomic E-state index is -0.504. The van der Waals surface area contributed by atoms with Gasteiger partial charge in [0, 0.05) is 12.6 Å². The molecule has 2 fully saturated rings. The van der Waals surface area contributed by atoms with E-state index in [4.69, 9.17) is 9.47 Å². The quantitative estimate of drug-likeness (QED) is 0.800. The fourth-order valence-corrected chi connectivity index (χ4v) is 3.72. The molecule has 0 spiro atoms. The summed E-state index contributed by atoms with van der Waals surface area (Å²) in [7, 11) is 1.43. The number of rotatable bonds is 3. The number of carbonyl (C=O) groups is 2. The molecule has 0 radical (unpaired) electrons. The standard InChI is InChI=1S/C18H32N2O4/c1-18(2,3)24-17(22)20-10-7-14(16(21)23-4)12-15(20)11-13-5-8-19-9-6-13/h13-15,19H,5-12H2,1-4H3. The van der Waals surface area contributed by atoms with Crippen molar-refractivity contribution in [3.8, 4) is 0 Å². The van der Waals surface area contributed by atoms with Crippen LogP contribution >= 0.6 is 0 Å². The van der Waals surface area contributed by atoms with Crippen LogP contribution in [0, 0.1) is 11.8 Å². The molecular weight excluding hydrogens is 308 g/mol. The largest absolute Gasteiger partial charge is 0.469 e. The van der Waals surface area contributed by atoms with Crippen LogP contribution in [-0.2, 0) is 14.3 Å². The predicted molar refractivity (Wildman–Crippen MR) is 91.7 cm³/mol. The Labute approximate surface area is 145 Å². The summed E-state index contributed by atoms with van der Waals surface area (Å²) < 4.78 is 10.5. The molecule has 0 aromatic carbocycles. The summed E-state index contributed by atoms with van der Waals surface area (Å²) in [5.74, 6) is 0.326. The number of piperidine rings is 2. The second-order valence-corrected chi connectivity index (χ2v) is 8.00. The lowest BCUT2D eigenvalue weighted by atomic mass is 9.83. The topological polar surface area (TPSA) is 67.9 Å². The molecule has 2 unspecified atom stereocenters. The van der Waals surface area contributed by atoms with Crippen molar-refractivity contribution in [1.82, 2.24) is 10.2 Å². The molecule has 0 aromatic heterocycles. The van der Waals surface area contributed by atoms with Crippen molar-refractivity contribution in [1.29, 1.82) is 0 Å². The molecule has 2 saturated heterocycles. The molecule has 1 N–H and O–H groups in total. The number of amides is 1. The maximum atomic E-state index is 12.6. The predicted octanol–water partition coefficient (Wildman–Crippen LogP) is 2.56. The van der Waals surface area contributed by atoms with Gasteiger partial charge in [0.25, 0.3) is 0 Å². The van der Waals surface area contributed by atoms with Crippen LogP contribution < -0.4 is 5.32 Å². The van der Waals surface area contributed by atoms with Crippen LogP contribution in [-0.4, -0.2) is 55.3 Å². The van der Waals surface area contributed by atoms with Crippen LogP contribution in [0.1, 0.15) is 52.9 Å². The maximum absolute atomic E-state index is 12.6. The lowest BCUT2D eigenvalue weighted by Crippen LogP contribution is -2.50. The molecular formula is C18H32N2O4. The minimum absolute atomic E-state index is 0.0563. The third-order valence-corrected chi connectivity index (χ3v) is 4.94. The van der Waals surface area contributed by atoms with E-state index in [1.54, 1.807) is 0 Å². The van der Waals surface area contributed by atoms with Crippen molar-refractivity contribution in [2.24, 2.45) is 11.8 Å². The minimum Gasteiger partial charge on any atom is -0.469 e. The average Bonchev–Trinajstić information content (AvgIpc) is 2.53. The monoisotopic (exact) mass is 340 g/mol. The molecule has 2 rings (SSSR count). The number of nitrogens with zero attached hydrogens (tertiary/aromatic N) is 1. The lowest BCUT2D eigenvalue weighted by Gasteiger charge is -2.41. The summed E-state index contributed by atoms with van der Waals surface area (Å²) in [6, 6.07) is 0.0563. The van der Waals surface area contributed by atoms with Crippen molar-refractivity contribution in [3.05, 3.63) is 0 Å². The summed E-state index contributed by atoms with van der Waals surface area (Å²) in [6.07, 6.45) is 4.26. The van der Waals surface area contributed by atoms with E-state index in [-0.39, 0.29) is 24.0 Å². The summed E-state index contributed by atoms with van der Waals surface area (Å²) in [5, 5.41) is 3.37. The van der Waals surface area contributed by atoms with Crippen molar-refractivity contribution in [3.63, 3.8) is 0 Å². The molecule has 138 valence electrons. The van der Waals surface area contributed by atoms with Gasteiger partial charge >= 0.3 is 12.1 Å². The Morgan fingerprint density at radius 2 is 1.83 bits per heavy atom. The first kappa shape index (κ1) is 19.0. The highest BCUT2D eigenvalue weighted by molar-refractivity contribution is 5.73. The van der Waals surface area contributed by atoms with Crippen molar-refractivity contribution < 1.29 is 19.1 Å². The number of ether oxygens (including phenoxy) is 2. The maximum Gasteiger partial charge on any atom is 0.410 e. The van der Waals surface area contributed by atoms with Crippen LogP contribution in [0.2, 0.25) is 0 Å². The van der Waals surface area contributed by atoms with Gasteiger partial charge in [0.05, 0.1) is 13.0 Å². The summed E-state index contributed by atoms with van der Waals surface area (Å²) in [6.45, 7) is 8.27. The van der Waals surface area contributed by atoms with Gasteiger partial charge in [-0.15, -0.1) is 0 Å². The lowest BCUT2D eigenvalue weighted by molar-refractivity contribution is -0.148. The average molecular weight is 340 g/mol. The number of hydrogen-bond donors (Lipinski definition) is 1. The molecule has 0 aromatic rings. The molecule has 6 nitrogen and oxygen atoms in total. The van der Waals surface area contributed by atoms with Crippen molar-refractivity contribution >= 4 is 12.1 Å². The smallest absolute Gasteiger partial charge is 0.410 e. The Morgan fingerprint density at radius 3 is 2.42 bits per heavy atom. The zero-order chi connectivity index (χ0) is 17.7. The normalized spacial score (nSPS) is 26.1. The van der Waals surface area contributed by atoms with Crippen LogP contribution in [0.5, 0.6) is 0 Å². The first-order valence-electron chi connectivity index (χ1n) is 9.08. The summed E-state index contributed by atoms with van der Waals surface area (Å²) in [4.78, 5) is 26.4. The Hall–Kier alpha value is -1.30. The van der Waals surface area contributed by atoms with Gasteiger partial charge < -0.3 is 19.7 Å². The third kappa shape index (κ3) is 5.36. The van der Waals surface area contributed by atoms with E-state index >= 15 is 0 Å². The first-order valence-corrected chi connectivity index (χ1v) is 9.08. The Morgan fingerprint density at radius 1 is 1.17 bits per heavy atom. The molecule has 0 aliphatic carbocycles. The van der Waals surface area contributed by atoms with Gasteiger partial charge in [-0.05, 0) is 71.9 Å². The van der Waals surface area contributed by atoms with Crippen molar-refractivity contribution in [2.75, 3.05) is 26.7 Å². The third-order valence-electron chi connectivity index (χ3n) is 4.94. The van der Waals surface area contributed by atoms with E-state index in [2.05, 4.69) is 5.32 Å². The zero-order valence-corrected chi connectivity index (χ0v) is 15.5. The van der Waals surface area contributed by atoms with Gasteiger partial charge in [-0.2, -0.15) is 0 Å². The molecule has 6 heteroatoms. The molecule has 24 heavy (non-hydrogen) atoms. The Bertz CT molecular complexity index is 441. The van der Waals surface area contributed by atoms with Crippen LogP contribution in [0.15, 0.2) is 0 Å². The fraction of sp³-hybridized carbons (Fsp3) is 0.889. The zero-order valence-electron chi connectivity index (χ0n) is 15.5. The van der Waals surface area contributed by atoms with Crippen LogP contribution in [0.3, 0.4) is 0 Å². The van der Waals surface area contributed by atoms with E-state index in [0.717, 1.165) is 32.4 Å². The highest BCUT2D eigenvalue weighted by Gasteiger charge is 2.38. The van der Waals surface area contributed by atoms with E-state index in [1.165, 1.54) is 7.11 Å². The van der Waals surface area contributed by atoms with Crippen LogP contribution in [0.25, 0.3) is 0 Å². The number of hydrogen-bond acceptors (Lipinski definition) is 5. The fourth-order valence-electron chi connectivity index (χ4n) is 3.72. The van der Waals surface area contributed by atoms with Gasteiger partial charge in [-0.25, -0.2) is 4.79 Å². The Kier molecular flexibility index (Phi) is 6.49. The molecule has 2 heterocycles. The van der Waals surface area contributed by atoms with E-state index in [9.17, 15) is 9.59 Å². The summed E-state index contributed by atoms with van der Waals surface area (Å²) >= 11 is 0. The van der Waals surface area contributed by atoms with Gasteiger partial charge in [0.2, 0.25) is 0 Å². The number of nitrogens with one attached hydrogen (secondary N) is 1. The van der Waals surface area contributed by atoms with E-state index in [0.29, 0.717) is 25.3 Å². The highest BCUT2D eigenvalue weighted by Crippen LogP contribution is 2.31. The SMILES string of the molecule is COC(=O)C1CCN(C(=O)OC(C)(C)C)C(CC2CCNCC2)C1. The van der Waals surface area contributed by atoms with Gasteiger partial charge in [0.1, 0.15) is 5.60 Å². The highest BCUT2D eigenvalue weighted by atomic mass is 16.6. The molecule has 1 amide bonds. The number of methoxy groups -OCH3 is 1. The van der Waals surface area contributed by atoms with Crippen molar-refractivity contribution in [2.45, 2.75) is 64.5 Å². The second kappa shape index (κ2) is 8.19. The molecule has 2 aliphatic heterocycles. The molecule has 0 saturated carbocycles. The van der Waals surface area contributed by atoms with Gasteiger partial charge in [0.15, 0.2) is 0 Å². The number of esters is 1. The van der Waals surface area contributed by atoms with Crippen LogP contribution in [0.4, 0.5) is 4.79 Å². The molecule has 2 aliphatic rings. The van der Waals surface area contributed by atoms with E-state index in [1.807, 2.05) is 25.7 Å².